The molecule has 2 atom stereocenters. The largest absolute Gasteiger partial charge is 0.383 e. The summed E-state index contributed by atoms with van der Waals surface area (Å²) in [4.78, 5) is 8.22. The normalized spacial score (nSPS) is 20.5. The maximum atomic E-state index is 14.2. The van der Waals surface area contributed by atoms with Gasteiger partial charge in [0, 0.05) is 25.5 Å². The lowest BCUT2D eigenvalue weighted by molar-refractivity contribution is 0.107. The molecule has 0 aromatic carbocycles. The molecule has 1 aliphatic rings. The average Bonchev–Trinajstić information content (AvgIpc) is 3.18. The van der Waals surface area contributed by atoms with Gasteiger partial charge in [0.25, 0.3) is 0 Å². The zero-order valence-corrected chi connectivity index (χ0v) is 14.1. The van der Waals surface area contributed by atoms with Crippen molar-refractivity contribution >= 4 is 5.82 Å². The number of aryl methyl sites for hydroxylation is 2. The number of aromatic nitrogens is 4. The van der Waals surface area contributed by atoms with E-state index in [2.05, 4.69) is 20.4 Å². The van der Waals surface area contributed by atoms with E-state index in [1.54, 1.807) is 27.2 Å². The summed E-state index contributed by atoms with van der Waals surface area (Å²) in [5.74, 6) is 0.355. The first-order valence-electron chi connectivity index (χ1n) is 7.98. The SMILES string of the molecule is COCCn1cc([C@H]2OCC[C@@H]2Nc2nc(C)nc(C)c2F)cn1. The summed E-state index contributed by atoms with van der Waals surface area (Å²) in [6.07, 6.45) is 4.32. The predicted octanol–water partition coefficient (Wildman–Crippen LogP) is 2.02. The minimum atomic E-state index is -0.415. The molecule has 2 aromatic rings. The van der Waals surface area contributed by atoms with Crippen molar-refractivity contribution in [3.63, 3.8) is 0 Å². The van der Waals surface area contributed by atoms with Crippen molar-refractivity contribution in [2.24, 2.45) is 0 Å². The molecule has 2 aromatic heterocycles. The molecule has 1 N–H and O–H groups in total. The van der Waals surface area contributed by atoms with Crippen LogP contribution in [-0.4, -0.2) is 46.1 Å². The highest BCUT2D eigenvalue weighted by Gasteiger charge is 2.32. The lowest BCUT2D eigenvalue weighted by Crippen LogP contribution is -2.25. The van der Waals surface area contributed by atoms with Crippen molar-refractivity contribution < 1.29 is 13.9 Å². The lowest BCUT2D eigenvalue weighted by Gasteiger charge is -2.20. The van der Waals surface area contributed by atoms with Gasteiger partial charge in [-0.25, -0.2) is 14.4 Å². The number of hydrogen-bond donors (Lipinski definition) is 1. The summed E-state index contributed by atoms with van der Waals surface area (Å²) in [6, 6.07) is -0.0618. The van der Waals surface area contributed by atoms with E-state index < -0.39 is 5.82 Å². The second-order valence-corrected chi connectivity index (χ2v) is 5.88. The third-order valence-electron chi connectivity index (χ3n) is 4.05. The molecule has 3 heterocycles. The van der Waals surface area contributed by atoms with Gasteiger partial charge in [-0.05, 0) is 20.3 Å². The molecule has 0 amide bonds. The van der Waals surface area contributed by atoms with E-state index in [0.29, 0.717) is 31.3 Å². The zero-order chi connectivity index (χ0) is 17.1. The van der Waals surface area contributed by atoms with Crippen molar-refractivity contribution in [3.05, 3.63) is 35.3 Å². The quantitative estimate of drug-likeness (QED) is 0.870. The van der Waals surface area contributed by atoms with E-state index in [-0.39, 0.29) is 18.0 Å². The van der Waals surface area contributed by atoms with Crippen LogP contribution in [-0.2, 0) is 16.0 Å². The Morgan fingerprint density at radius 2 is 2.25 bits per heavy atom. The minimum absolute atomic E-state index is 0.0618. The van der Waals surface area contributed by atoms with Crippen LogP contribution in [0.2, 0.25) is 0 Å². The van der Waals surface area contributed by atoms with Gasteiger partial charge in [0.15, 0.2) is 11.6 Å². The maximum absolute atomic E-state index is 14.2. The first-order chi connectivity index (χ1) is 11.6. The second-order valence-electron chi connectivity index (χ2n) is 5.88. The highest BCUT2D eigenvalue weighted by atomic mass is 19.1. The van der Waals surface area contributed by atoms with Gasteiger partial charge in [-0.15, -0.1) is 0 Å². The van der Waals surface area contributed by atoms with Crippen LogP contribution in [0.1, 0.15) is 29.6 Å². The van der Waals surface area contributed by atoms with Gasteiger partial charge >= 0.3 is 0 Å². The number of nitrogens with zero attached hydrogens (tertiary/aromatic N) is 4. The molecule has 7 nitrogen and oxygen atoms in total. The van der Waals surface area contributed by atoms with Crippen LogP contribution in [0.3, 0.4) is 0 Å². The maximum Gasteiger partial charge on any atom is 0.186 e. The smallest absolute Gasteiger partial charge is 0.186 e. The van der Waals surface area contributed by atoms with Gasteiger partial charge in [0.2, 0.25) is 0 Å². The van der Waals surface area contributed by atoms with E-state index >= 15 is 0 Å². The molecule has 0 radical (unpaired) electrons. The summed E-state index contributed by atoms with van der Waals surface area (Å²) in [5, 5.41) is 7.49. The van der Waals surface area contributed by atoms with Gasteiger partial charge in [-0.1, -0.05) is 0 Å². The van der Waals surface area contributed by atoms with E-state index in [1.807, 2.05) is 10.9 Å². The lowest BCUT2D eigenvalue weighted by atomic mass is 10.1. The van der Waals surface area contributed by atoms with Crippen LogP contribution in [0.4, 0.5) is 10.2 Å². The molecule has 1 aliphatic heterocycles. The summed E-state index contributed by atoms with van der Waals surface area (Å²) >= 11 is 0. The first kappa shape index (κ1) is 16.8. The van der Waals surface area contributed by atoms with Gasteiger partial charge in [-0.3, -0.25) is 4.68 Å². The van der Waals surface area contributed by atoms with Crippen molar-refractivity contribution in [2.45, 2.75) is 39.0 Å². The molecule has 0 unspecified atom stereocenters. The first-order valence-corrected chi connectivity index (χ1v) is 7.98. The van der Waals surface area contributed by atoms with Crippen LogP contribution in [0.25, 0.3) is 0 Å². The highest BCUT2D eigenvalue weighted by Crippen LogP contribution is 2.31. The fourth-order valence-corrected chi connectivity index (χ4v) is 2.87. The molecular weight excluding hydrogens is 313 g/mol. The Kier molecular flexibility index (Phi) is 5.06. The third kappa shape index (κ3) is 3.54. The fraction of sp³-hybridized carbons (Fsp3) is 0.562. The molecular formula is C16H22FN5O2. The Labute approximate surface area is 140 Å². The number of ether oxygens (including phenoxy) is 2. The summed E-state index contributed by atoms with van der Waals surface area (Å²) in [5.41, 5.74) is 1.30. The average molecular weight is 335 g/mol. The highest BCUT2D eigenvalue weighted by molar-refractivity contribution is 5.40. The molecule has 0 saturated carbocycles. The summed E-state index contributed by atoms with van der Waals surface area (Å²) < 4.78 is 27.0. The zero-order valence-electron chi connectivity index (χ0n) is 14.1. The summed E-state index contributed by atoms with van der Waals surface area (Å²) in [7, 11) is 1.66. The van der Waals surface area contributed by atoms with Crippen LogP contribution in [0.15, 0.2) is 12.4 Å². The van der Waals surface area contributed by atoms with E-state index in [1.165, 1.54) is 0 Å². The number of anilines is 1. The molecule has 0 aliphatic carbocycles. The molecule has 3 rings (SSSR count). The molecule has 0 spiro atoms. The van der Waals surface area contributed by atoms with Crippen LogP contribution in [0.5, 0.6) is 0 Å². The van der Waals surface area contributed by atoms with Crippen molar-refractivity contribution in [2.75, 3.05) is 25.6 Å². The topological polar surface area (TPSA) is 74.1 Å². The predicted molar refractivity (Wildman–Crippen MR) is 86.3 cm³/mol. The molecule has 130 valence electrons. The van der Waals surface area contributed by atoms with Gasteiger partial charge in [0.1, 0.15) is 11.9 Å². The summed E-state index contributed by atoms with van der Waals surface area (Å²) in [6.45, 7) is 5.27. The Hall–Kier alpha value is -2.06. The third-order valence-corrected chi connectivity index (χ3v) is 4.05. The molecule has 1 saturated heterocycles. The number of halogens is 1. The number of nitrogens with one attached hydrogen (secondary N) is 1. The van der Waals surface area contributed by atoms with Crippen LogP contribution >= 0.6 is 0 Å². The van der Waals surface area contributed by atoms with Crippen LogP contribution < -0.4 is 5.32 Å². The van der Waals surface area contributed by atoms with E-state index in [0.717, 1.165) is 12.0 Å². The molecule has 24 heavy (non-hydrogen) atoms. The second kappa shape index (κ2) is 7.23. The van der Waals surface area contributed by atoms with Crippen molar-refractivity contribution in [1.82, 2.24) is 19.7 Å². The van der Waals surface area contributed by atoms with E-state index in [9.17, 15) is 4.39 Å². The minimum Gasteiger partial charge on any atom is -0.383 e. The Bertz CT molecular complexity index is 706. The molecule has 8 heteroatoms. The molecule has 0 bridgehead atoms. The standard InChI is InChI=1S/C16H22FN5O2/c1-10-14(17)16(20-11(2)19-10)21-13-4-6-24-15(13)12-8-18-22(9-12)5-7-23-3/h8-9,13,15H,4-7H2,1-3H3,(H,19,20,21)/t13-,15+/m0/s1. The monoisotopic (exact) mass is 335 g/mol. The number of hydrogen-bond acceptors (Lipinski definition) is 6. The van der Waals surface area contributed by atoms with Gasteiger partial charge < -0.3 is 14.8 Å². The van der Waals surface area contributed by atoms with Crippen LogP contribution in [0, 0.1) is 19.7 Å². The van der Waals surface area contributed by atoms with Crippen molar-refractivity contribution in [1.29, 1.82) is 0 Å². The Morgan fingerprint density at radius 1 is 1.42 bits per heavy atom. The van der Waals surface area contributed by atoms with Gasteiger partial charge in [-0.2, -0.15) is 5.10 Å². The Balaban J connectivity index is 1.75. The number of methoxy groups -OCH3 is 1. The van der Waals surface area contributed by atoms with Gasteiger partial charge in [0.05, 0.1) is 31.1 Å². The fourth-order valence-electron chi connectivity index (χ4n) is 2.87. The van der Waals surface area contributed by atoms with E-state index in [4.69, 9.17) is 9.47 Å². The number of rotatable bonds is 6. The molecule has 1 fully saturated rings. The Morgan fingerprint density at radius 3 is 3.04 bits per heavy atom. The van der Waals surface area contributed by atoms with Crippen molar-refractivity contribution in [3.8, 4) is 0 Å².